The predicted molar refractivity (Wildman–Crippen MR) is 103 cm³/mol. The molecule has 0 saturated heterocycles. The smallest absolute Gasteiger partial charge is 0.340 e. The van der Waals surface area contributed by atoms with Crippen LogP contribution in [0.25, 0.3) is 0 Å². The predicted octanol–water partition coefficient (Wildman–Crippen LogP) is 2.91. The van der Waals surface area contributed by atoms with Crippen molar-refractivity contribution in [1.82, 2.24) is 0 Å². The fourth-order valence-electron chi connectivity index (χ4n) is 2.43. The first-order valence-corrected chi connectivity index (χ1v) is 8.39. The molecule has 28 heavy (non-hydrogen) atoms. The zero-order valence-electron chi connectivity index (χ0n) is 16.4. The maximum atomic E-state index is 12.6. The number of amides is 1. The molecule has 0 fully saturated rings. The van der Waals surface area contributed by atoms with Crippen molar-refractivity contribution in [3.8, 4) is 23.0 Å². The number of anilines is 1. The van der Waals surface area contributed by atoms with Crippen molar-refractivity contribution in [2.45, 2.75) is 13.0 Å². The average Bonchev–Trinajstić information content (AvgIpc) is 2.72. The lowest BCUT2D eigenvalue weighted by Crippen LogP contribution is -2.30. The summed E-state index contributed by atoms with van der Waals surface area (Å²) < 4.78 is 26.0. The molecule has 2 aromatic rings. The summed E-state index contributed by atoms with van der Waals surface area (Å²) in [6.45, 7) is 1.59. The number of hydrogen-bond acceptors (Lipinski definition) is 7. The number of ether oxygens (including phenoxy) is 5. The second-order valence-corrected chi connectivity index (χ2v) is 5.67. The highest BCUT2D eigenvalue weighted by Gasteiger charge is 2.22. The number of benzene rings is 2. The number of carbonyl (C=O) groups excluding carboxylic acids is 2. The molecule has 0 aliphatic carbocycles. The van der Waals surface area contributed by atoms with E-state index in [4.69, 9.17) is 23.7 Å². The van der Waals surface area contributed by atoms with Gasteiger partial charge in [0.25, 0.3) is 5.91 Å². The molecule has 0 aliphatic heterocycles. The van der Waals surface area contributed by atoms with Gasteiger partial charge in [0.2, 0.25) is 0 Å². The lowest BCUT2D eigenvalue weighted by atomic mass is 10.1. The monoisotopic (exact) mass is 389 g/mol. The van der Waals surface area contributed by atoms with Gasteiger partial charge in [-0.2, -0.15) is 0 Å². The molecule has 1 N–H and O–H groups in total. The summed E-state index contributed by atoms with van der Waals surface area (Å²) in [4.78, 5) is 24.7. The number of esters is 1. The summed E-state index contributed by atoms with van der Waals surface area (Å²) in [5.41, 5.74) is 0.345. The first-order chi connectivity index (χ1) is 13.4. The van der Waals surface area contributed by atoms with Crippen LogP contribution < -0.4 is 24.3 Å². The standard InChI is InChI=1S/C20H23NO7/c1-12(28-14-8-6-7-13(9-14)24-2)19(22)21-16-11-18(26-4)17(25-3)10-15(16)20(23)27-5/h6-12H,1-5H3,(H,21,22)/t12-/m1/s1. The Labute approximate surface area is 163 Å². The highest BCUT2D eigenvalue weighted by molar-refractivity contribution is 6.03. The quantitative estimate of drug-likeness (QED) is 0.694. The molecule has 0 aliphatic rings. The minimum atomic E-state index is -0.842. The number of hydrogen-bond donors (Lipinski definition) is 1. The molecule has 0 spiro atoms. The first kappa shape index (κ1) is 20.9. The molecule has 0 heterocycles. The van der Waals surface area contributed by atoms with Gasteiger partial charge in [0, 0.05) is 18.2 Å². The van der Waals surface area contributed by atoms with Gasteiger partial charge < -0.3 is 29.0 Å². The molecule has 8 heteroatoms. The van der Waals surface area contributed by atoms with Gasteiger partial charge in [-0.3, -0.25) is 4.79 Å². The normalized spacial score (nSPS) is 11.2. The Bertz CT molecular complexity index is 850. The van der Waals surface area contributed by atoms with E-state index in [0.29, 0.717) is 23.0 Å². The molecular formula is C20H23NO7. The Morgan fingerprint density at radius 2 is 1.54 bits per heavy atom. The summed E-state index contributed by atoms with van der Waals surface area (Å²) in [5.74, 6) is 0.687. The number of methoxy groups -OCH3 is 4. The van der Waals surface area contributed by atoms with Crippen LogP contribution in [0.15, 0.2) is 36.4 Å². The summed E-state index contributed by atoms with van der Waals surface area (Å²) in [7, 11) is 5.69. The van der Waals surface area contributed by atoms with E-state index in [1.54, 1.807) is 38.3 Å². The van der Waals surface area contributed by atoms with Crippen LogP contribution in [0.4, 0.5) is 5.69 Å². The van der Waals surface area contributed by atoms with Gasteiger partial charge in [-0.05, 0) is 19.1 Å². The SMILES string of the molecule is COC(=O)c1cc(OC)c(OC)cc1NC(=O)[C@@H](C)Oc1cccc(OC)c1. The Hall–Kier alpha value is -3.42. The highest BCUT2D eigenvalue weighted by atomic mass is 16.5. The maximum Gasteiger partial charge on any atom is 0.340 e. The van der Waals surface area contributed by atoms with E-state index >= 15 is 0 Å². The molecule has 0 radical (unpaired) electrons. The lowest BCUT2D eigenvalue weighted by Gasteiger charge is -2.18. The third kappa shape index (κ3) is 4.85. The molecule has 1 atom stereocenters. The average molecular weight is 389 g/mol. The third-order valence-corrected chi connectivity index (χ3v) is 3.91. The Morgan fingerprint density at radius 1 is 0.893 bits per heavy atom. The summed E-state index contributed by atoms with van der Waals surface area (Å²) in [5, 5.41) is 2.67. The fourth-order valence-corrected chi connectivity index (χ4v) is 2.43. The molecule has 8 nitrogen and oxygen atoms in total. The van der Waals surface area contributed by atoms with E-state index in [1.807, 2.05) is 0 Å². The summed E-state index contributed by atoms with van der Waals surface area (Å²) in [6, 6.07) is 9.82. The van der Waals surface area contributed by atoms with Gasteiger partial charge in [0.05, 0.1) is 39.7 Å². The lowest BCUT2D eigenvalue weighted by molar-refractivity contribution is -0.122. The van der Waals surface area contributed by atoms with Crippen LogP contribution in [-0.4, -0.2) is 46.4 Å². The zero-order valence-corrected chi connectivity index (χ0v) is 16.4. The van der Waals surface area contributed by atoms with Crippen molar-refractivity contribution >= 4 is 17.6 Å². The van der Waals surface area contributed by atoms with Crippen LogP contribution in [0.5, 0.6) is 23.0 Å². The molecule has 2 rings (SSSR count). The molecule has 2 aromatic carbocycles. The minimum Gasteiger partial charge on any atom is -0.497 e. The fraction of sp³-hybridized carbons (Fsp3) is 0.300. The van der Waals surface area contributed by atoms with Crippen molar-refractivity contribution in [3.63, 3.8) is 0 Å². The topological polar surface area (TPSA) is 92.3 Å². The first-order valence-electron chi connectivity index (χ1n) is 8.39. The van der Waals surface area contributed by atoms with Crippen LogP contribution in [0, 0.1) is 0 Å². The van der Waals surface area contributed by atoms with Crippen molar-refractivity contribution in [1.29, 1.82) is 0 Å². The van der Waals surface area contributed by atoms with Crippen LogP contribution in [0.1, 0.15) is 17.3 Å². The van der Waals surface area contributed by atoms with Crippen LogP contribution in [0.3, 0.4) is 0 Å². The van der Waals surface area contributed by atoms with Crippen molar-refractivity contribution < 1.29 is 33.3 Å². The van der Waals surface area contributed by atoms with E-state index in [-0.39, 0.29) is 11.3 Å². The highest BCUT2D eigenvalue weighted by Crippen LogP contribution is 2.34. The number of carbonyl (C=O) groups is 2. The summed E-state index contributed by atoms with van der Waals surface area (Å²) in [6.07, 6.45) is -0.842. The third-order valence-electron chi connectivity index (χ3n) is 3.91. The van der Waals surface area contributed by atoms with Gasteiger partial charge in [-0.15, -0.1) is 0 Å². The Kier molecular flexibility index (Phi) is 7.08. The van der Waals surface area contributed by atoms with Crippen LogP contribution in [-0.2, 0) is 9.53 Å². The summed E-state index contributed by atoms with van der Waals surface area (Å²) >= 11 is 0. The van der Waals surface area contributed by atoms with E-state index in [2.05, 4.69) is 5.32 Å². The maximum absolute atomic E-state index is 12.6. The van der Waals surface area contributed by atoms with Gasteiger partial charge in [0.15, 0.2) is 17.6 Å². The number of nitrogens with one attached hydrogen (secondary N) is 1. The number of rotatable bonds is 8. The molecule has 0 saturated carbocycles. The second kappa shape index (κ2) is 9.50. The Morgan fingerprint density at radius 3 is 2.14 bits per heavy atom. The molecule has 0 bridgehead atoms. The Balaban J connectivity index is 2.24. The van der Waals surface area contributed by atoms with Crippen LogP contribution >= 0.6 is 0 Å². The van der Waals surface area contributed by atoms with Gasteiger partial charge in [0.1, 0.15) is 11.5 Å². The largest absolute Gasteiger partial charge is 0.497 e. The van der Waals surface area contributed by atoms with E-state index in [0.717, 1.165) is 0 Å². The van der Waals surface area contributed by atoms with E-state index < -0.39 is 18.0 Å². The molecule has 0 unspecified atom stereocenters. The molecule has 150 valence electrons. The molecule has 0 aromatic heterocycles. The van der Waals surface area contributed by atoms with Gasteiger partial charge >= 0.3 is 5.97 Å². The van der Waals surface area contributed by atoms with E-state index in [1.165, 1.54) is 33.5 Å². The van der Waals surface area contributed by atoms with Crippen molar-refractivity contribution in [2.75, 3.05) is 33.8 Å². The molecule has 1 amide bonds. The van der Waals surface area contributed by atoms with Gasteiger partial charge in [-0.25, -0.2) is 4.79 Å². The van der Waals surface area contributed by atoms with Gasteiger partial charge in [-0.1, -0.05) is 6.07 Å². The second-order valence-electron chi connectivity index (χ2n) is 5.67. The van der Waals surface area contributed by atoms with Crippen molar-refractivity contribution in [3.05, 3.63) is 42.0 Å². The van der Waals surface area contributed by atoms with Crippen molar-refractivity contribution in [2.24, 2.45) is 0 Å². The molecular weight excluding hydrogens is 366 g/mol. The minimum absolute atomic E-state index is 0.127. The van der Waals surface area contributed by atoms with Crippen LogP contribution in [0.2, 0.25) is 0 Å². The zero-order chi connectivity index (χ0) is 20.7. The van der Waals surface area contributed by atoms with E-state index in [9.17, 15) is 9.59 Å².